The van der Waals surface area contributed by atoms with Gasteiger partial charge in [0.05, 0.1) is 13.2 Å². The lowest BCUT2D eigenvalue weighted by atomic mass is 10.0. The minimum absolute atomic E-state index is 0.0439. The Morgan fingerprint density at radius 1 is 0.692 bits per heavy atom. The number of azo groups is 1. The summed E-state index contributed by atoms with van der Waals surface area (Å²) < 4.78 is 0. The number of carbonyl (C=O) groups is 2. The molecule has 10 nitrogen and oxygen atoms in total. The lowest BCUT2D eigenvalue weighted by molar-refractivity contribution is -0.127. The molecule has 2 amide bonds. The summed E-state index contributed by atoms with van der Waals surface area (Å²) in [4.78, 5) is 24.4. The SMILES string of the molecule is CC(C)(N=NC(C)(C)C(=O)NCCNCCO)C(=O)NCCNCCO. The van der Waals surface area contributed by atoms with Gasteiger partial charge in [-0.1, -0.05) is 0 Å². The van der Waals surface area contributed by atoms with E-state index in [4.69, 9.17) is 10.2 Å². The highest BCUT2D eigenvalue weighted by atomic mass is 16.3. The van der Waals surface area contributed by atoms with Crippen LogP contribution in [0.1, 0.15) is 27.7 Å². The van der Waals surface area contributed by atoms with Crippen LogP contribution < -0.4 is 21.3 Å². The molecule has 0 heterocycles. The average molecular weight is 374 g/mol. The lowest BCUT2D eigenvalue weighted by Gasteiger charge is -2.22. The van der Waals surface area contributed by atoms with Gasteiger partial charge in [0.1, 0.15) is 0 Å². The summed E-state index contributed by atoms with van der Waals surface area (Å²) in [6.07, 6.45) is 0. The van der Waals surface area contributed by atoms with Gasteiger partial charge in [0.15, 0.2) is 11.1 Å². The van der Waals surface area contributed by atoms with E-state index in [1.54, 1.807) is 27.7 Å². The van der Waals surface area contributed by atoms with Crippen molar-refractivity contribution < 1.29 is 19.8 Å². The molecule has 0 unspecified atom stereocenters. The second kappa shape index (κ2) is 12.7. The number of carbonyl (C=O) groups excluding carboxylic acids is 2. The fourth-order valence-electron chi connectivity index (χ4n) is 1.71. The van der Waals surface area contributed by atoms with Crippen LogP contribution in [-0.2, 0) is 9.59 Å². The molecule has 0 aromatic rings. The van der Waals surface area contributed by atoms with Gasteiger partial charge in [0.2, 0.25) is 11.8 Å². The number of hydrogen-bond acceptors (Lipinski definition) is 8. The van der Waals surface area contributed by atoms with Crippen molar-refractivity contribution in [2.75, 3.05) is 52.5 Å². The second-order valence-electron chi connectivity index (χ2n) is 6.78. The molecule has 0 spiro atoms. The molecule has 152 valence electrons. The van der Waals surface area contributed by atoms with E-state index in [9.17, 15) is 9.59 Å². The molecule has 10 heteroatoms. The minimum atomic E-state index is -1.10. The Bertz CT molecular complexity index is 414. The fraction of sp³-hybridized carbons (Fsp3) is 0.875. The Hall–Kier alpha value is -1.62. The van der Waals surface area contributed by atoms with Gasteiger partial charge in [-0.25, -0.2) is 0 Å². The highest BCUT2D eigenvalue weighted by Crippen LogP contribution is 2.16. The van der Waals surface area contributed by atoms with Gasteiger partial charge >= 0.3 is 0 Å². The maximum atomic E-state index is 12.2. The Labute approximate surface area is 155 Å². The van der Waals surface area contributed by atoms with Crippen molar-refractivity contribution in [3.05, 3.63) is 0 Å². The molecule has 0 aliphatic heterocycles. The van der Waals surface area contributed by atoms with Crippen LogP contribution in [0, 0.1) is 0 Å². The predicted molar refractivity (Wildman–Crippen MR) is 98.9 cm³/mol. The standard InChI is InChI=1S/C16H34N6O4/c1-15(2,13(25)19-7-5-17-9-11-23)21-22-16(3,4)14(26)20-8-6-18-10-12-24/h17-18,23-24H,5-12H2,1-4H3,(H,19,25)(H,20,26). The van der Waals surface area contributed by atoms with Crippen molar-refractivity contribution >= 4 is 11.8 Å². The van der Waals surface area contributed by atoms with Crippen molar-refractivity contribution in [2.45, 2.75) is 38.8 Å². The van der Waals surface area contributed by atoms with Crippen molar-refractivity contribution in [1.29, 1.82) is 0 Å². The number of nitrogens with one attached hydrogen (secondary N) is 4. The smallest absolute Gasteiger partial charge is 0.249 e. The monoisotopic (exact) mass is 374 g/mol. The van der Waals surface area contributed by atoms with Crippen LogP contribution in [0.5, 0.6) is 0 Å². The molecule has 0 atom stereocenters. The van der Waals surface area contributed by atoms with Crippen LogP contribution in [0.3, 0.4) is 0 Å². The van der Waals surface area contributed by atoms with Gasteiger partial charge in [-0.15, -0.1) is 0 Å². The summed E-state index contributed by atoms with van der Waals surface area (Å²) in [6, 6.07) is 0. The molecule has 0 radical (unpaired) electrons. The van der Waals surface area contributed by atoms with Crippen LogP contribution in [0.15, 0.2) is 10.2 Å². The minimum Gasteiger partial charge on any atom is -0.395 e. The Kier molecular flexibility index (Phi) is 11.9. The van der Waals surface area contributed by atoms with Crippen LogP contribution in [0.2, 0.25) is 0 Å². The van der Waals surface area contributed by atoms with Crippen molar-refractivity contribution in [3.63, 3.8) is 0 Å². The molecule has 0 saturated carbocycles. The van der Waals surface area contributed by atoms with E-state index in [1.165, 1.54) is 0 Å². The number of rotatable bonds is 14. The zero-order chi connectivity index (χ0) is 20.1. The van der Waals surface area contributed by atoms with Crippen molar-refractivity contribution in [3.8, 4) is 0 Å². The molecule has 6 N–H and O–H groups in total. The number of aliphatic hydroxyl groups excluding tert-OH is 2. The summed E-state index contributed by atoms with van der Waals surface area (Å²) in [5.74, 6) is -0.590. The van der Waals surface area contributed by atoms with Gasteiger partial charge in [-0.05, 0) is 27.7 Å². The van der Waals surface area contributed by atoms with Gasteiger partial charge in [0.25, 0.3) is 0 Å². The molecule has 0 rings (SSSR count). The summed E-state index contributed by atoms with van der Waals surface area (Å²) >= 11 is 0. The first kappa shape index (κ1) is 24.4. The largest absolute Gasteiger partial charge is 0.395 e. The predicted octanol–water partition coefficient (Wildman–Crippen LogP) is -1.61. The molecular weight excluding hydrogens is 340 g/mol. The summed E-state index contributed by atoms with van der Waals surface area (Å²) in [5, 5.41) is 36.8. The maximum absolute atomic E-state index is 12.2. The normalized spacial score (nSPS) is 12.4. The number of aliphatic hydroxyl groups is 2. The first-order valence-electron chi connectivity index (χ1n) is 8.81. The van der Waals surface area contributed by atoms with Crippen LogP contribution >= 0.6 is 0 Å². The molecule has 0 aromatic heterocycles. The third-order valence-electron chi connectivity index (χ3n) is 3.41. The Morgan fingerprint density at radius 3 is 1.35 bits per heavy atom. The number of amides is 2. The zero-order valence-electron chi connectivity index (χ0n) is 16.3. The molecule has 0 aliphatic carbocycles. The summed E-state index contributed by atoms with van der Waals surface area (Å²) in [6.45, 7) is 9.42. The number of hydrogen-bond donors (Lipinski definition) is 6. The maximum Gasteiger partial charge on any atom is 0.249 e. The molecular formula is C16H34N6O4. The van der Waals surface area contributed by atoms with E-state index in [1.807, 2.05) is 0 Å². The summed E-state index contributed by atoms with van der Waals surface area (Å²) in [7, 11) is 0. The topological polar surface area (TPSA) is 147 Å². The number of nitrogens with zero attached hydrogens (tertiary/aromatic N) is 2. The van der Waals surface area contributed by atoms with Crippen molar-refractivity contribution in [2.24, 2.45) is 10.2 Å². The molecule has 0 bridgehead atoms. The van der Waals surface area contributed by atoms with E-state index in [-0.39, 0.29) is 25.0 Å². The van der Waals surface area contributed by atoms with E-state index in [0.717, 1.165) is 0 Å². The summed E-state index contributed by atoms with van der Waals surface area (Å²) in [5.41, 5.74) is -2.20. The highest BCUT2D eigenvalue weighted by Gasteiger charge is 2.31. The molecule has 0 fully saturated rings. The first-order chi connectivity index (χ1) is 12.2. The molecule has 0 aliphatic rings. The molecule has 0 saturated heterocycles. The average Bonchev–Trinajstić information content (AvgIpc) is 2.59. The van der Waals surface area contributed by atoms with Gasteiger partial charge in [0, 0.05) is 39.3 Å². The molecule has 0 aromatic carbocycles. The highest BCUT2D eigenvalue weighted by molar-refractivity contribution is 5.86. The zero-order valence-corrected chi connectivity index (χ0v) is 16.3. The molecule has 26 heavy (non-hydrogen) atoms. The third kappa shape index (κ3) is 10.4. The Balaban J connectivity index is 4.42. The van der Waals surface area contributed by atoms with Crippen LogP contribution in [0.25, 0.3) is 0 Å². The third-order valence-corrected chi connectivity index (χ3v) is 3.41. The van der Waals surface area contributed by atoms with Gasteiger partial charge in [-0.3, -0.25) is 9.59 Å². The second-order valence-corrected chi connectivity index (χ2v) is 6.78. The van der Waals surface area contributed by atoms with Crippen LogP contribution in [-0.4, -0.2) is 85.6 Å². The lowest BCUT2D eigenvalue weighted by Crippen LogP contribution is -2.45. The van der Waals surface area contributed by atoms with Crippen molar-refractivity contribution in [1.82, 2.24) is 21.3 Å². The van der Waals surface area contributed by atoms with E-state index in [0.29, 0.717) is 39.3 Å². The van der Waals surface area contributed by atoms with E-state index in [2.05, 4.69) is 31.5 Å². The first-order valence-corrected chi connectivity index (χ1v) is 8.81. The van der Waals surface area contributed by atoms with Gasteiger partial charge in [-0.2, -0.15) is 10.2 Å². The van der Waals surface area contributed by atoms with E-state index < -0.39 is 11.1 Å². The quantitative estimate of drug-likeness (QED) is 0.159. The van der Waals surface area contributed by atoms with E-state index >= 15 is 0 Å². The van der Waals surface area contributed by atoms with Gasteiger partial charge < -0.3 is 31.5 Å². The Morgan fingerprint density at radius 2 is 1.04 bits per heavy atom. The van der Waals surface area contributed by atoms with Crippen LogP contribution in [0.4, 0.5) is 0 Å². The fourth-order valence-corrected chi connectivity index (χ4v) is 1.71.